The quantitative estimate of drug-likeness (QED) is 0.465. The van der Waals surface area contributed by atoms with Crippen LogP contribution in [-0.4, -0.2) is 47.5 Å². The van der Waals surface area contributed by atoms with Crippen molar-refractivity contribution in [3.8, 4) is 5.75 Å². The van der Waals surface area contributed by atoms with Gasteiger partial charge in [0.15, 0.2) is 0 Å². The van der Waals surface area contributed by atoms with E-state index in [4.69, 9.17) is 4.74 Å². The first-order chi connectivity index (χ1) is 17.1. The second kappa shape index (κ2) is 10.9. The molecular formula is C28H35N3O3S. The highest BCUT2D eigenvalue weighted by atomic mass is 32.1. The Kier molecular flexibility index (Phi) is 7.42. The molecule has 2 amide bonds. The standard InChI is InChI=1S/C28H35N3O3S/c1-34-24-10-6-7-20(17-24)19-31-25(18-22-13-16-35-28(22)31)27(33)30-14-11-21(12-15-30)26(32)29-23-8-4-2-3-5-9-23/h6-7,10,13,16-18,21,23H,2-5,8-9,11-12,14-15,19H2,1H3,(H,29,32). The molecule has 7 heteroatoms. The fourth-order valence-corrected chi connectivity index (χ4v) is 6.41. The van der Waals surface area contributed by atoms with Crippen LogP contribution in [0.3, 0.4) is 0 Å². The molecular weight excluding hydrogens is 458 g/mol. The Morgan fingerprint density at radius 2 is 1.80 bits per heavy atom. The minimum absolute atomic E-state index is 0.00867. The lowest BCUT2D eigenvalue weighted by Gasteiger charge is -2.32. The van der Waals surface area contributed by atoms with Gasteiger partial charge in [0.1, 0.15) is 16.3 Å². The number of hydrogen-bond acceptors (Lipinski definition) is 4. The number of ether oxygens (including phenoxy) is 1. The van der Waals surface area contributed by atoms with E-state index >= 15 is 0 Å². The highest BCUT2D eigenvalue weighted by Crippen LogP contribution is 2.29. The number of carbonyl (C=O) groups excluding carboxylic acids is 2. The van der Waals surface area contributed by atoms with E-state index in [2.05, 4.69) is 27.4 Å². The molecule has 1 saturated carbocycles. The molecule has 0 radical (unpaired) electrons. The van der Waals surface area contributed by atoms with Gasteiger partial charge in [-0.3, -0.25) is 9.59 Å². The van der Waals surface area contributed by atoms with Gasteiger partial charge in [-0.15, -0.1) is 11.3 Å². The van der Waals surface area contributed by atoms with Crippen LogP contribution in [0.5, 0.6) is 5.75 Å². The van der Waals surface area contributed by atoms with Gasteiger partial charge in [0.05, 0.1) is 7.11 Å². The van der Waals surface area contributed by atoms with Crippen molar-refractivity contribution in [3.05, 3.63) is 53.0 Å². The summed E-state index contributed by atoms with van der Waals surface area (Å²) in [6.45, 7) is 1.86. The molecule has 3 aromatic rings. The largest absolute Gasteiger partial charge is 0.497 e. The number of aromatic nitrogens is 1. The molecule has 0 atom stereocenters. The monoisotopic (exact) mass is 493 g/mol. The maximum atomic E-state index is 13.6. The smallest absolute Gasteiger partial charge is 0.270 e. The molecule has 186 valence electrons. The molecule has 35 heavy (non-hydrogen) atoms. The number of fused-ring (bicyclic) bond motifs is 1. The van der Waals surface area contributed by atoms with E-state index in [-0.39, 0.29) is 17.7 Å². The van der Waals surface area contributed by atoms with Gasteiger partial charge in [0, 0.05) is 37.0 Å². The average molecular weight is 494 g/mol. The number of carbonyl (C=O) groups is 2. The van der Waals surface area contributed by atoms with Crippen molar-refractivity contribution in [1.29, 1.82) is 0 Å². The summed E-state index contributed by atoms with van der Waals surface area (Å²) in [5.41, 5.74) is 1.81. The first kappa shape index (κ1) is 23.9. The van der Waals surface area contributed by atoms with E-state index in [1.807, 2.05) is 29.2 Å². The van der Waals surface area contributed by atoms with Gasteiger partial charge >= 0.3 is 0 Å². The second-order valence-electron chi connectivity index (χ2n) is 9.91. The van der Waals surface area contributed by atoms with Gasteiger partial charge in [-0.1, -0.05) is 37.8 Å². The second-order valence-corrected chi connectivity index (χ2v) is 10.8. The van der Waals surface area contributed by atoms with E-state index in [1.165, 1.54) is 25.7 Å². The third kappa shape index (κ3) is 5.40. The van der Waals surface area contributed by atoms with E-state index < -0.39 is 0 Å². The van der Waals surface area contributed by atoms with Gasteiger partial charge < -0.3 is 19.5 Å². The van der Waals surface area contributed by atoms with E-state index in [9.17, 15) is 9.59 Å². The van der Waals surface area contributed by atoms with Crippen molar-refractivity contribution in [1.82, 2.24) is 14.8 Å². The summed E-state index contributed by atoms with van der Waals surface area (Å²) in [5, 5.41) is 6.47. The molecule has 0 spiro atoms. The fourth-order valence-electron chi connectivity index (χ4n) is 5.51. The molecule has 6 nitrogen and oxygen atoms in total. The summed E-state index contributed by atoms with van der Waals surface area (Å²) >= 11 is 1.66. The molecule has 1 aromatic carbocycles. The molecule has 1 N–H and O–H groups in total. The molecule has 2 fully saturated rings. The molecule has 1 saturated heterocycles. The predicted octanol–water partition coefficient (Wildman–Crippen LogP) is 5.45. The van der Waals surface area contributed by atoms with Crippen LogP contribution in [0.4, 0.5) is 0 Å². The van der Waals surface area contributed by atoms with Crippen molar-refractivity contribution < 1.29 is 14.3 Å². The van der Waals surface area contributed by atoms with E-state index in [1.54, 1.807) is 18.4 Å². The van der Waals surface area contributed by atoms with Crippen LogP contribution >= 0.6 is 11.3 Å². The lowest BCUT2D eigenvalue weighted by atomic mass is 9.95. The van der Waals surface area contributed by atoms with Crippen molar-refractivity contribution in [2.24, 2.45) is 5.92 Å². The number of methoxy groups -OCH3 is 1. The van der Waals surface area contributed by atoms with Crippen molar-refractivity contribution in [2.45, 2.75) is 64.0 Å². The Morgan fingerprint density at radius 1 is 1.03 bits per heavy atom. The van der Waals surface area contributed by atoms with Crippen LogP contribution in [0.1, 0.15) is 67.4 Å². The number of amides is 2. The summed E-state index contributed by atoms with van der Waals surface area (Å²) in [6.07, 6.45) is 8.66. The summed E-state index contributed by atoms with van der Waals surface area (Å²) in [4.78, 5) is 29.5. The van der Waals surface area contributed by atoms with Crippen LogP contribution in [0.2, 0.25) is 0 Å². The average Bonchev–Trinajstić information content (AvgIpc) is 3.38. The Balaban J connectivity index is 1.26. The van der Waals surface area contributed by atoms with E-state index in [0.29, 0.717) is 25.7 Å². The predicted molar refractivity (Wildman–Crippen MR) is 140 cm³/mol. The molecule has 2 aromatic heterocycles. The number of likely N-dealkylation sites (tertiary alicyclic amines) is 1. The summed E-state index contributed by atoms with van der Waals surface area (Å²) < 4.78 is 7.52. The Hall–Kier alpha value is -2.80. The van der Waals surface area contributed by atoms with Gasteiger partial charge in [0.2, 0.25) is 5.91 Å². The zero-order valence-corrected chi connectivity index (χ0v) is 21.3. The topological polar surface area (TPSA) is 63.6 Å². The van der Waals surface area contributed by atoms with Crippen molar-refractivity contribution in [2.75, 3.05) is 20.2 Å². The number of thiophene rings is 1. The van der Waals surface area contributed by atoms with Gasteiger partial charge in [-0.25, -0.2) is 0 Å². The number of benzene rings is 1. The minimum atomic E-state index is 0.00867. The molecule has 0 unspecified atom stereocenters. The number of nitrogens with one attached hydrogen (secondary N) is 1. The van der Waals surface area contributed by atoms with Crippen molar-refractivity contribution in [3.63, 3.8) is 0 Å². The number of nitrogens with zero attached hydrogens (tertiary/aromatic N) is 2. The Bertz CT molecular complexity index is 1170. The van der Waals surface area contributed by atoms with Gasteiger partial charge in [-0.2, -0.15) is 0 Å². The first-order valence-electron chi connectivity index (χ1n) is 12.9. The molecule has 1 aliphatic carbocycles. The molecule has 5 rings (SSSR count). The van der Waals surface area contributed by atoms with Gasteiger partial charge in [0.25, 0.3) is 5.91 Å². The fraction of sp³-hybridized carbons (Fsp3) is 0.500. The maximum Gasteiger partial charge on any atom is 0.270 e. The molecule has 3 heterocycles. The lowest BCUT2D eigenvalue weighted by Crippen LogP contribution is -2.45. The van der Waals surface area contributed by atoms with E-state index in [0.717, 1.165) is 52.9 Å². The molecule has 2 aliphatic rings. The number of hydrogen-bond donors (Lipinski definition) is 1. The Labute approximate surface area is 211 Å². The third-order valence-corrected chi connectivity index (χ3v) is 8.50. The molecule has 1 aliphatic heterocycles. The van der Waals surface area contributed by atoms with Crippen LogP contribution < -0.4 is 10.1 Å². The summed E-state index contributed by atoms with van der Waals surface area (Å²) in [7, 11) is 1.67. The normalized spacial score (nSPS) is 17.9. The minimum Gasteiger partial charge on any atom is -0.497 e. The lowest BCUT2D eigenvalue weighted by molar-refractivity contribution is -0.127. The third-order valence-electron chi connectivity index (χ3n) is 7.55. The Morgan fingerprint density at radius 3 is 2.54 bits per heavy atom. The number of rotatable bonds is 6. The van der Waals surface area contributed by atoms with Crippen LogP contribution in [0, 0.1) is 5.92 Å². The van der Waals surface area contributed by atoms with Gasteiger partial charge in [-0.05, 0) is 60.9 Å². The molecule has 0 bridgehead atoms. The zero-order chi connectivity index (χ0) is 24.2. The highest BCUT2D eigenvalue weighted by molar-refractivity contribution is 7.16. The first-order valence-corrected chi connectivity index (χ1v) is 13.8. The van der Waals surface area contributed by atoms with Crippen LogP contribution in [0.25, 0.3) is 10.2 Å². The number of piperidine rings is 1. The summed E-state index contributed by atoms with van der Waals surface area (Å²) in [6, 6.07) is 12.4. The SMILES string of the molecule is COc1cccc(Cn2c(C(=O)N3CCC(C(=O)NC4CCCCCC4)CC3)cc3ccsc32)c1. The van der Waals surface area contributed by atoms with Crippen LogP contribution in [0.15, 0.2) is 41.8 Å². The maximum absolute atomic E-state index is 13.6. The van der Waals surface area contributed by atoms with Crippen molar-refractivity contribution >= 4 is 33.4 Å². The summed E-state index contributed by atoms with van der Waals surface area (Å²) in [5.74, 6) is 1.06. The highest BCUT2D eigenvalue weighted by Gasteiger charge is 2.30. The zero-order valence-electron chi connectivity index (χ0n) is 20.5. The van der Waals surface area contributed by atoms with Crippen LogP contribution in [-0.2, 0) is 11.3 Å².